The Bertz CT molecular complexity index is 285. The Morgan fingerprint density at radius 1 is 1.31 bits per heavy atom. The van der Waals surface area contributed by atoms with Gasteiger partial charge in [0.2, 0.25) is 0 Å². The average Bonchev–Trinajstić information content (AvgIpc) is 2.04. The fourth-order valence-electron chi connectivity index (χ4n) is 0.949. The third-order valence-electron chi connectivity index (χ3n) is 1.54. The number of thiol groups is 1. The monoisotopic (exact) mass is 207 g/mol. The van der Waals surface area contributed by atoms with Crippen LogP contribution in [-0.2, 0) is 12.7 Å². The van der Waals surface area contributed by atoms with Crippen molar-refractivity contribution >= 4 is 12.8 Å². The smallest absolute Gasteiger partial charge is 0.262 e. The normalized spacial score (nSPS) is 11.7. The van der Waals surface area contributed by atoms with Crippen LogP contribution in [0.2, 0.25) is 0 Å². The predicted molar refractivity (Wildman–Crippen MR) is 47.3 cm³/mol. The summed E-state index contributed by atoms with van der Waals surface area (Å²) in [6, 6.07) is 5.13. The molecule has 0 radical (unpaired) electrons. The molecule has 0 bridgehead atoms. The van der Waals surface area contributed by atoms with Crippen LogP contribution in [0.1, 0.15) is 11.1 Å². The molecule has 1 aromatic carbocycles. The molecule has 1 aromatic rings. The Hall–Kier alpha value is -0.680. The highest BCUT2D eigenvalue weighted by atomic mass is 32.1. The third-order valence-corrected chi connectivity index (χ3v) is 1.70. The van der Waals surface area contributed by atoms with E-state index in [2.05, 4.69) is 17.5 Å². The van der Waals surface area contributed by atoms with Crippen molar-refractivity contribution in [2.45, 2.75) is 12.7 Å². The summed E-state index contributed by atoms with van der Waals surface area (Å²) in [4.78, 5) is 0. The Labute approximate surface area is 79.5 Å². The van der Waals surface area contributed by atoms with Gasteiger partial charge in [-0.05, 0) is 11.6 Å². The fraction of sp³-hybridized carbons (Fsp3) is 0.250. The van der Waals surface area contributed by atoms with E-state index in [-0.39, 0.29) is 0 Å². The minimum Gasteiger partial charge on any atom is -0.262 e. The molecular weight excluding hydrogens is 199 g/mol. The van der Waals surface area contributed by atoms with E-state index < -0.39 is 11.7 Å². The van der Waals surface area contributed by atoms with Crippen LogP contribution in [0.15, 0.2) is 24.3 Å². The van der Waals surface area contributed by atoms with Crippen LogP contribution < -0.4 is 4.72 Å². The van der Waals surface area contributed by atoms with Crippen molar-refractivity contribution in [1.29, 1.82) is 0 Å². The van der Waals surface area contributed by atoms with E-state index in [1.807, 2.05) is 0 Å². The summed E-state index contributed by atoms with van der Waals surface area (Å²) in [7, 11) is 0. The summed E-state index contributed by atoms with van der Waals surface area (Å²) in [5, 5.41) is 0. The highest BCUT2D eigenvalue weighted by Gasteiger charge is 2.30. The van der Waals surface area contributed by atoms with E-state index in [1.165, 1.54) is 6.07 Å². The number of nitrogens with one attached hydrogen (secondary N) is 1. The first-order valence-electron chi connectivity index (χ1n) is 3.57. The molecular formula is C8H8F3NS. The summed E-state index contributed by atoms with van der Waals surface area (Å²) in [5.41, 5.74) is -0.0709. The Balaban J connectivity index is 2.92. The maximum Gasteiger partial charge on any atom is 0.416 e. The van der Waals surface area contributed by atoms with E-state index in [9.17, 15) is 13.2 Å². The van der Waals surface area contributed by atoms with Crippen molar-refractivity contribution in [3.05, 3.63) is 35.4 Å². The molecule has 1 nitrogen and oxygen atoms in total. The summed E-state index contributed by atoms with van der Waals surface area (Å²) in [6.07, 6.45) is -4.27. The number of hydrogen-bond acceptors (Lipinski definition) is 2. The van der Waals surface area contributed by atoms with Gasteiger partial charge in [-0.25, -0.2) is 0 Å². The van der Waals surface area contributed by atoms with E-state index in [4.69, 9.17) is 0 Å². The second-order valence-electron chi connectivity index (χ2n) is 2.53. The molecule has 1 rings (SSSR count). The van der Waals surface area contributed by atoms with E-state index in [1.54, 1.807) is 6.07 Å². The maximum atomic E-state index is 12.2. The molecule has 72 valence electrons. The van der Waals surface area contributed by atoms with Crippen molar-refractivity contribution in [3.63, 3.8) is 0 Å². The van der Waals surface area contributed by atoms with Crippen molar-refractivity contribution in [3.8, 4) is 0 Å². The van der Waals surface area contributed by atoms with Gasteiger partial charge in [0, 0.05) is 6.54 Å². The molecule has 0 spiro atoms. The highest BCUT2D eigenvalue weighted by Crippen LogP contribution is 2.29. The molecule has 0 atom stereocenters. The van der Waals surface area contributed by atoms with Gasteiger partial charge < -0.3 is 0 Å². The largest absolute Gasteiger partial charge is 0.416 e. The Morgan fingerprint density at radius 2 is 2.00 bits per heavy atom. The standard InChI is InChI=1S/C8H8F3NS/c9-8(10,11)7-3-1-2-6(4-7)5-12-13/h1-4,12-13H,5H2. The second kappa shape index (κ2) is 4.02. The fourth-order valence-corrected chi connectivity index (χ4v) is 1.13. The van der Waals surface area contributed by atoms with Gasteiger partial charge in [0.05, 0.1) is 5.56 Å². The number of halogens is 3. The van der Waals surface area contributed by atoms with Crippen LogP contribution in [0.3, 0.4) is 0 Å². The number of alkyl halides is 3. The van der Waals surface area contributed by atoms with Crippen molar-refractivity contribution in [1.82, 2.24) is 4.72 Å². The quantitative estimate of drug-likeness (QED) is 0.710. The molecule has 0 saturated carbocycles. The first-order chi connectivity index (χ1) is 6.04. The lowest BCUT2D eigenvalue weighted by molar-refractivity contribution is -0.137. The van der Waals surface area contributed by atoms with Gasteiger partial charge in [-0.15, -0.1) is 0 Å². The molecule has 0 amide bonds. The zero-order valence-electron chi connectivity index (χ0n) is 6.60. The third kappa shape index (κ3) is 2.93. The molecule has 0 aliphatic carbocycles. The zero-order valence-corrected chi connectivity index (χ0v) is 7.49. The second-order valence-corrected chi connectivity index (χ2v) is 2.85. The number of benzene rings is 1. The van der Waals surface area contributed by atoms with Gasteiger partial charge >= 0.3 is 6.18 Å². The van der Waals surface area contributed by atoms with Gasteiger partial charge in [0.1, 0.15) is 0 Å². The molecule has 0 heterocycles. The van der Waals surface area contributed by atoms with Gasteiger partial charge in [-0.2, -0.15) is 13.2 Å². The van der Waals surface area contributed by atoms with Crippen molar-refractivity contribution in [2.75, 3.05) is 0 Å². The van der Waals surface area contributed by atoms with E-state index in [0.717, 1.165) is 12.1 Å². The Kier molecular flexibility index (Phi) is 3.22. The Morgan fingerprint density at radius 3 is 2.54 bits per heavy atom. The number of hydrogen-bond donors (Lipinski definition) is 2. The predicted octanol–water partition coefficient (Wildman–Crippen LogP) is 2.64. The maximum absolute atomic E-state index is 12.2. The van der Waals surface area contributed by atoms with Crippen LogP contribution in [0.4, 0.5) is 13.2 Å². The summed E-state index contributed by atoms with van der Waals surface area (Å²) < 4.78 is 39.0. The van der Waals surface area contributed by atoms with Crippen molar-refractivity contribution < 1.29 is 13.2 Å². The summed E-state index contributed by atoms with van der Waals surface area (Å²) in [5.74, 6) is 0. The summed E-state index contributed by atoms with van der Waals surface area (Å²) >= 11 is 3.71. The SMILES string of the molecule is FC(F)(F)c1cccc(CNS)c1. The molecule has 1 N–H and O–H groups in total. The molecule has 0 unspecified atom stereocenters. The minimum atomic E-state index is -4.27. The summed E-state index contributed by atoms with van der Waals surface area (Å²) in [6.45, 7) is 0.313. The zero-order chi connectivity index (χ0) is 9.90. The van der Waals surface area contributed by atoms with Gasteiger partial charge in [-0.1, -0.05) is 31.0 Å². The van der Waals surface area contributed by atoms with Crippen LogP contribution >= 0.6 is 12.8 Å². The van der Waals surface area contributed by atoms with Crippen LogP contribution in [0, 0.1) is 0 Å². The molecule has 5 heteroatoms. The van der Waals surface area contributed by atoms with E-state index in [0.29, 0.717) is 12.1 Å². The van der Waals surface area contributed by atoms with Crippen LogP contribution in [0.5, 0.6) is 0 Å². The highest BCUT2D eigenvalue weighted by molar-refractivity contribution is 7.78. The van der Waals surface area contributed by atoms with Crippen LogP contribution in [0.25, 0.3) is 0 Å². The first-order valence-corrected chi connectivity index (χ1v) is 4.02. The lowest BCUT2D eigenvalue weighted by Crippen LogP contribution is -2.06. The molecule has 0 fully saturated rings. The molecule has 0 saturated heterocycles. The van der Waals surface area contributed by atoms with Gasteiger partial charge in [0.15, 0.2) is 0 Å². The topological polar surface area (TPSA) is 12.0 Å². The lowest BCUT2D eigenvalue weighted by atomic mass is 10.1. The van der Waals surface area contributed by atoms with Gasteiger partial charge in [0.25, 0.3) is 0 Å². The first kappa shape index (κ1) is 10.4. The molecule has 0 aromatic heterocycles. The molecule has 0 aliphatic heterocycles. The van der Waals surface area contributed by atoms with Crippen LogP contribution in [-0.4, -0.2) is 0 Å². The van der Waals surface area contributed by atoms with E-state index >= 15 is 0 Å². The lowest BCUT2D eigenvalue weighted by Gasteiger charge is -2.07. The van der Waals surface area contributed by atoms with Crippen molar-refractivity contribution in [2.24, 2.45) is 0 Å². The molecule has 0 aliphatic rings. The number of rotatable bonds is 2. The minimum absolute atomic E-state index is 0.313. The average molecular weight is 207 g/mol. The molecule has 13 heavy (non-hydrogen) atoms. The van der Waals surface area contributed by atoms with Gasteiger partial charge in [-0.3, -0.25) is 4.72 Å².